The van der Waals surface area contributed by atoms with E-state index in [0.717, 1.165) is 6.42 Å². The lowest BCUT2D eigenvalue weighted by atomic mass is 9.93. The fraction of sp³-hybridized carbons (Fsp3) is 0.889. The van der Waals surface area contributed by atoms with Crippen molar-refractivity contribution in [3.8, 4) is 0 Å². The molecule has 3 heteroatoms. The third-order valence-electron chi connectivity index (χ3n) is 2.55. The number of hydrogen-bond donors (Lipinski definition) is 2. The van der Waals surface area contributed by atoms with E-state index in [9.17, 15) is 4.79 Å². The minimum Gasteiger partial charge on any atom is -0.353 e. The third-order valence-corrected chi connectivity index (χ3v) is 2.55. The predicted octanol–water partition coefficient (Wildman–Crippen LogP) is 0.496. The van der Waals surface area contributed by atoms with E-state index in [0.29, 0.717) is 18.5 Å². The van der Waals surface area contributed by atoms with E-state index in [1.807, 2.05) is 13.8 Å². The van der Waals surface area contributed by atoms with Crippen LogP contribution < -0.4 is 11.1 Å². The predicted molar refractivity (Wildman–Crippen MR) is 48.5 cm³/mol. The number of nitrogens with two attached hydrogens (primary N) is 1. The van der Waals surface area contributed by atoms with Crippen molar-refractivity contribution < 1.29 is 4.79 Å². The minimum absolute atomic E-state index is 0.0827. The first kappa shape index (κ1) is 9.52. The summed E-state index contributed by atoms with van der Waals surface area (Å²) < 4.78 is 0. The summed E-state index contributed by atoms with van der Waals surface area (Å²) in [6.45, 7) is 6.28. The second-order valence-corrected chi connectivity index (χ2v) is 4.38. The van der Waals surface area contributed by atoms with Crippen LogP contribution in [0.4, 0.5) is 0 Å². The summed E-state index contributed by atoms with van der Waals surface area (Å²) in [5, 5.41) is 2.98. The zero-order valence-electron chi connectivity index (χ0n) is 8.05. The fourth-order valence-corrected chi connectivity index (χ4v) is 0.980. The van der Waals surface area contributed by atoms with Crippen molar-refractivity contribution in [1.29, 1.82) is 0 Å². The summed E-state index contributed by atoms with van der Waals surface area (Å²) in [5.74, 6) is 0.738. The number of nitrogens with one attached hydrogen (secondary N) is 1. The van der Waals surface area contributed by atoms with Gasteiger partial charge in [0.1, 0.15) is 0 Å². The Labute approximate surface area is 73.7 Å². The first-order valence-electron chi connectivity index (χ1n) is 4.48. The maximum Gasteiger partial charge on any atom is 0.227 e. The average molecular weight is 170 g/mol. The summed E-state index contributed by atoms with van der Waals surface area (Å²) in [7, 11) is 0. The lowest BCUT2D eigenvalue weighted by molar-refractivity contribution is -0.129. The lowest BCUT2D eigenvalue weighted by Gasteiger charge is -2.21. The number of carbonyl (C=O) groups is 1. The molecule has 0 heterocycles. The van der Waals surface area contributed by atoms with Crippen LogP contribution in [0.3, 0.4) is 0 Å². The van der Waals surface area contributed by atoms with Gasteiger partial charge in [0.25, 0.3) is 0 Å². The maximum absolute atomic E-state index is 11.5. The zero-order chi connectivity index (χ0) is 9.35. The van der Waals surface area contributed by atoms with Crippen molar-refractivity contribution in [3.63, 3.8) is 0 Å². The Hall–Kier alpha value is -0.570. The maximum atomic E-state index is 11.5. The van der Waals surface area contributed by atoms with Gasteiger partial charge < -0.3 is 11.1 Å². The van der Waals surface area contributed by atoms with Gasteiger partial charge in [-0.05, 0) is 26.2 Å². The number of carbonyl (C=O) groups excluding carboxylic acids is 1. The Kier molecular flexibility index (Phi) is 2.42. The van der Waals surface area contributed by atoms with Crippen molar-refractivity contribution in [3.05, 3.63) is 0 Å². The molecule has 0 aromatic heterocycles. The van der Waals surface area contributed by atoms with Crippen molar-refractivity contribution >= 4 is 5.91 Å². The van der Waals surface area contributed by atoms with Crippen LogP contribution in [0.5, 0.6) is 0 Å². The topological polar surface area (TPSA) is 55.1 Å². The van der Waals surface area contributed by atoms with Gasteiger partial charge in [-0.3, -0.25) is 4.79 Å². The Morgan fingerprint density at radius 3 is 2.50 bits per heavy atom. The molecule has 1 aliphatic rings. The smallest absolute Gasteiger partial charge is 0.227 e. The molecular weight excluding hydrogens is 152 g/mol. The minimum atomic E-state index is -0.414. The van der Waals surface area contributed by atoms with E-state index >= 15 is 0 Å². The van der Waals surface area contributed by atoms with Gasteiger partial charge in [0.15, 0.2) is 0 Å². The third kappa shape index (κ3) is 1.97. The first-order valence-corrected chi connectivity index (χ1v) is 4.48. The number of amides is 1. The normalized spacial score (nSPS) is 28.3. The average Bonchev–Trinajstić information content (AvgIpc) is 2.66. The Balaban J connectivity index is 2.37. The van der Waals surface area contributed by atoms with Crippen LogP contribution in [0.1, 0.15) is 27.2 Å². The molecule has 1 fully saturated rings. The standard InChI is InChI=1S/C9H18N2O/c1-6-4-7(6)11-8(12)9(2,3)5-10/h6-7H,4-5,10H2,1-3H3,(H,11,12). The molecule has 3 N–H and O–H groups in total. The quantitative estimate of drug-likeness (QED) is 0.648. The highest BCUT2D eigenvalue weighted by atomic mass is 16.2. The summed E-state index contributed by atoms with van der Waals surface area (Å²) >= 11 is 0. The molecular formula is C9H18N2O. The molecule has 1 rings (SSSR count). The second kappa shape index (κ2) is 3.05. The molecule has 0 spiro atoms. The highest BCUT2D eigenvalue weighted by molar-refractivity contribution is 5.82. The van der Waals surface area contributed by atoms with E-state index in [1.54, 1.807) is 0 Å². The van der Waals surface area contributed by atoms with Crippen LogP contribution in [0.25, 0.3) is 0 Å². The lowest BCUT2D eigenvalue weighted by Crippen LogP contribution is -2.42. The molecule has 12 heavy (non-hydrogen) atoms. The highest BCUT2D eigenvalue weighted by Gasteiger charge is 2.37. The molecule has 0 bridgehead atoms. The van der Waals surface area contributed by atoms with Crippen molar-refractivity contribution in [1.82, 2.24) is 5.32 Å². The summed E-state index contributed by atoms with van der Waals surface area (Å²) in [5.41, 5.74) is 5.06. The van der Waals surface area contributed by atoms with Gasteiger partial charge >= 0.3 is 0 Å². The van der Waals surface area contributed by atoms with Crippen LogP contribution in [0.15, 0.2) is 0 Å². The van der Waals surface area contributed by atoms with E-state index in [-0.39, 0.29) is 5.91 Å². The zero-order valence-corrected chi connectivity index (χ0v) is 8.05. The number of rotatable bonds is 3. The molecule has 2 atom stereocenters. The first-order chi connectivity index (χ1) is 5.47. The molecule has 0 aromatic rings. The van der Waals surface area contributed by atoms with Crippen molar-refractivity contribution in [2.45, 2.75) is 33.2 Å². The molecule has 1 aliphatic carbocycles. The fourth-order valence-electron chi connectivity index (χ4n) is 0.980. The van der Waals surface area contributed by atoms with Gasteiger partial charge in [-0.15, -0.1) is 0 Å². The molecule has 0 saturated heterocycles. The second-order valence-electron chi connectivity index (χ2n) is 4.38. The van der Waals surface area contributed by atoms with E-state index < -0.39 is 5.41 Å². The highest BCUT2D eigenvalue weighted by Crippen LogP contribution is 2.30. The number of hydrogen-bond acceptors (Lipinski definition) is 2. The van der Waals surface area contributed by atoms with Gasteiger partial charge in [0.2, 0.25) is 5.91 Å². The van der Waals surface area contributed by atoms with Crippen LogP contribution in [-0.4, -0.2) is 18.5 Å². The van der Waals surface area contributed by atoms with Gasteiger partial charge in [-0.1, -0.05) is 6.92 Å². The molecule has 0 aliphatic heterocycles. The molecule has 2 unspecified atom stereocenters. The molecule has 1 amide bonds. The van der Waals surface area contributed by atoms with E-state index in [4.69, 9.17) is 5.73 Å². The van der Waals surface area contributed by atoms with Gasteiger partial charge in [-0.25, -0.2) is 0 Å². The largest absolute Gasteiger partial charge is 0.353 e. The molecule has 0 radical (unpaired) electrons. The molecule has 70 valence electrons. The molecule has 1 saturated carbocycles. The molecule has 0 aromatic carbocycles. The van der Waals surface area contributed by atoms with Crippen molar-refractivity contribution in [2.24, 2.45) is 17.1 Å². The van der Waals surface area contributed by atoms with Gasteiger partial charge in [0, 0.05) is 12.6 Å². The van der Waals surface area contributed by atoms with Crippen LogP contribution in [-0.2, 0) is 4.79 Å². The van der Waals surface area contributed by atoms with Crippen LogP contribution in [0.2, 0.25) is 0 Å². The van der Waals surface area contributed by atoms with E-state index in [2.05, 4.69) is 12.2 Å². The van der Waals surface area contributed by atoms with Crippen LogP contribution >= 0.6 is 0 Å². The summed E-state index contributed by atoms with van der Waals surface area (Å²) in [6.07, 6.45) is 1.12. The van der Waals surface area contributed by atoms with E-state index in [1.165, 1.54) is 0 Å². The Morgan fingerprint density at radius 2 is 2.17 bits per heavy atom. The van der Waals surface area contributed by atoms with Crippen LogP contribution in [0, 0.1) is 11.3 Å². The monoisotopic (exact) mass is 170 g/mol. The van der Waals surface area contributed by atoms with Gasteiger partial charge in [0.05, 0.1) is 5.41 Å². The summed E-state index contributed by atoms with van der Waals surface area (Å²) in [6, 6.07) is 0.406. The Bertz CT molecular complexity index is 189. The van der Waals surface area contributed by atoms with Gasteiger partial charge in [-0.2, -0.15) is 0 Å². The van der Waals surface area contributed by atoms with Crippen molar-refractivity contribution in [2.75, 3.05) is 6.54 Å². The SMILES string of the molecule is CC1CC1NC(=O)C(C)(C)CN. The summed E-state index contributed by atoms with van der Waals surface area (Å²) in [4.78, 5) is 11.5. The Morgan fingerprint density at radius 1 is 1.67 bits per heavy atom. The molecule has 3 nitrogen and oxygen atoms in total.